The zero-order valence-electron chi connectivity index (χ0n) is 11.9. The van der Waals surface area contributed by atoms with Crippen LogP contribution in [0.5, 0.6) is 0 Å². The van der Waals surface area contributed by atoms with Crippen molar-refractivity contribution in [1.82, 2.24) is 10.0 Å². The van der Waals surface area contributed by atoms with Crippen LogP contribution in [0.2, 0.25) is 0 Å². The van der Waals surface area contributed by atoms with Gasteiger partial charge in [0.05, 0.1) is 6.54 Å². The zero-order chi connectivity index (χ0) is 14.6. The first-order chi connectivity index (χ1) is 9.51. The molecule has 1 fully saturated rings. The highest BCUT2D eigenvalue weighted by Gasteiger charge is 2.32. The molecule has 1 aromatic heterocycles. The highest BCUT2D eigenvalue weighted by molar-refractivity contribution is 8.00. The number of rotatable bonds is 7. The highest BCUT2D eigenvalue weighted by atomic mass is 32.2. The van der Waals surface area contributed by atoms with Crippen molar-refractivity contribution >= 4 is 21.8 Å². The Bertz CT molecular complexity index is 534. The quantitative estimate of drug-likeness (QED) is 0.804. The van der Waals surface area contributed by atoms with E-state index >= 15 is 0 Å². The Hall–Kier alpha value is -0.500. The van der Waals surface area contributed by atoms with E-state index in [1.807, 2.05) is 11.8 Å². The summed E-state index contributed by atoms with van der Waals surface area (Å²) < 4.78 is 31.1. The van der Waals surface area contributed by atoms with E-state index in [9.17, 15) is 8.42 Å². The minimum atomic E-state index is -3.48. The van der Waals surface area contributed by atoms with Gasteiger partial charge in [-0.25, -0.2) is 13.1 Å². The smallest absolute Gasteiger partial charge is 0.273 e. The molecular weight excluding hydrogens is 296 g/mol. The molecule has 1 heterocycles. The van der Waals surface area contributed by atoms with E-state index in [4.69, 9.17) is 4.42 Å². The van der Waals surface area contributed by atoms with Gasteiger partial charge in [-0.15, -0.1) is 0 Å². The van der Waals surface area contributed by atoms with Gasteiger partial charge in [0.1, 0.15) is 5.76 Å². The van der Waals surface area contributed by atoms with E-state index in [0.717, 1.165) is 6.54 Å². The average molecular weight is 318 g/mol. The Morgan fingerprint density at radius 2 is 2.05 bits per heavy atom. The second kappa shape index (κ2) is 6.51. The lowest BCUT2D eigenvalue weighted by Crippen LogP contribution is -2.34. The van der Waals surface area contributed by atoms with E-state index in [1.54, 1.807) is 6.07 Å². The molecule has 5 nitrogen and oxygen atoms in total. The number of hydrogen-bond acceptors (Lipinski definition) is 5. The molecule has 0 bridgehead atoms. The first-order valence-corrected chi connectivity index (χ1v) is 9.50. The van der Waals surface area contributed by atoms with E-state index in [2.05, 4.69) is 16.3 Å². The van der Waals surface area contributed by atoms with Crippen molar-refractivity contribution in [1.29, 1.82) is 0 Å². The summed E-state index contributed by atoms with van der Waals surface area (Å²) in [5, 5.41) is 3.36. The Morgan fingerprint density at radius 3 is 2.65 bits per heavy atom. The van der Waals surface area contributed by atoms with Gasteiger partial charge in [-0.1, -0.05) is 12.8 Å². The third kappa shape index (κ3) is 3.58. The average Bonchev–Trinajstić information content (AvgIpc) is 3.09. The van der Waals surface area contributed by atoms with Crippen molar-refractivity contribution in [3.63, 3.8) is 0 Å². The van der Waals surface area contributed by atoms with Gasteiger partial charge in [0.15, 0.2) is 0 Å². The number of thioether (sulfide) groups is 1. The number of hydrogen-bond donors (Lipinski definition) is 2. The third-order valence-electron chi connectivity index (χ3n) is 3.86. The van der Waals surface area contributed by atoms with Crippen LogP contribution in [-0.2, 0) is 16.6 Å². The standard InChI is InChI=1S/C13H22N2O3S2/c1-14-20(16,17)12-6-5-11(18-12)9-15-10-13(19-2)7-3-4-8-13/h5-6,14-15H,3-4,7-10H2,1-2H3. The van der Waals surface area contributed by atoms with Gasteiger partial charge < -0.3 is 9.73 Å². The van der Waals surface area contributed by atoms with Gasteiger partial charge in [0, 0.05) is 11.3 Å². The fourth-order valence-electron chi connectivity index (χ4n) is 2.58. The van der Waals surface area contributed by atoms with E-state index in [0.29, 0.717) is 17.1 Å². The van der Waals surface area contributed by atoms with Crippen LogP contribution in [0.3, 0.4) is 0 Å². The van der Waals surface area contributed by atoms with Crippen molar-refractivity contribution < 1.29 is 12.8 Å². The molecule has 7 heteroatoms. The molecule has 0 unspecified atom stereocenters. The normalized spacial score (nSPS) is 18.5. The van der Waals surface area contributed by atoms with Crippen molar-refractivity contribution in [3.8, 4) is 0 Å². The Kier molecular flexibility index (Phi) is 5.17. The molecular formula is C13H22N2O3S2. The lowest BCUT2D eigenvalue weighted by molar-refractivity contribution is 0.395. The topological polar surface area (TPSA) is 71.3 Å². The summed E-state index contributed by atoms with van der Waals surface area (Å²) in [6, 6.07) is 3.19. The molecule has 1 aliphatic carbocycles. The van der Waals surface area contributed by atoms with Crippen LogP contribution in [0.25, 0.3) is 0 Å². The maximum absolute atomic E-state index is 11.6. The molecule has 2 rings (SSSR count). The molecule has 0 aliphatic heterocycles. The molecule has 0 atom stereocenters. The largest absolute Gasteiger partial charge is 0.447 e. The van der Waals surface area contributed by atoms with Crippen molar-refractivity contribution in [2.24, 2.45) is 0 Å². The molecule has 2 N–H and O–H groups in total. The summed E-state index contributed by atoms with van der Waals surface area (Å²) >= 11 is 1.93. The SMILES string of the molecule is CNS(=O)(=O)c1ccc(CNCC2(SC)CCCC2)o1. The zero-order valence-corrected chi connectivity index (χ0v) is 13.6. The minimum Gasteiger partial charge on any atom is -0.447 e. The highest BCUT2D eigenvalue weighted by Crippen LogP contribution is 2.39. The fourth-order valence-corrected chi connectivity index (χ4v) is 4.19. The van der Waals surface area contributed by atoms with Gasteiger partial charge in [-0.3, -0.25) is 0 Å². The number of sulfonamides is 1. The molecule has 1 saturated carbocycles. The van der Waals surface area contributed by atoms with Crippen molar-refractivity contribution in [3.05, 3.63) is 17.9 Å². The van der Waals surface area contributed by atoms with Crippen LogP contribution in [0, 0.1) is 0 Å². The second-order valence-electron chi connectivity index (χ2n) is 5.13. The predicted molar refractivity (Wildman–Crippen MR) is 81.4 cm³/mol. The van der Waals surface area contributed by atoms with Gasteiger partial charge in [0.25, 0.3) is 10.0 Å². The van der Waals surface area contributed by atoms with Crippen molar-refractivity contribution in [2.75, 3.05) is 19.8 Å². The summed E-state index contributed by atoms with van der Waals surface area (Å²) in [7, 11) is -2.11. The summed E-state index contributed by atoms with van der Waals surface area (Å²) in [4.78, 5) is 0. The first kappa shape index (κ1) is 15.9. The van der Waals surface area contributed by atoms with E-state index in [-0.39, 0.29) is 5.09 Å². The number of nitrogens with one attached hydrogen (secondary N) is 2. The molecule has 0 aromatic carbocycles. The first-order valence-electron chi connectivity index (χ1n) is 6.79. The van der Waals surface area contributed by atoms with Crippen molar-refractivity contribution in [2.45, 2.75) is 42.1 Å². The van der Waals surface area contributed by atoms with Crippen LogP contribution in [0.1, 0.15) is 31.4 Å². The maximum Gasteiger partial charge on any atom is 0.273 e. The van der Waals surface area contributed by atoms with Gasteiger partial charge in [-0.2, -0.15) is 11.8 Å². The van der Waals surface area contributed by atoms with E-state index in [1.165, 1.54) is 38.8 Å². The summed E-state index contributed by atoms with van der Waals surface area (Å²) in [5.41, 5.74) is 0. The summed E-state index contributed by atoms with van der Waals surface area (Å²) in [5.74, 6) is 0.646. The summed E-state index contributed by atoms with van der Waals surface area (Å²) in [6.07, 6.45) is 7.26. The van der Waals surface area contributed by atoms with Crippen LogP contribution >= 0.6 is 11.8 Å². The molecule has 0 spiro atoms. The van der Waals surface area contributed by atoms with Crippen LogP contribution in [-0.4, -0.2) is 33.0 Å². The Labute approximate surface area is 124 Å². The maximum atomic E-state index is 11.6. The van der Waals surface area contributed by atoms with Gasteiger partial charge in [0.2, 0.25) is 5.09 Å². The molecule has 20 heavy (non-hydrogen) atoms. The van der Waals surface area contributed by atoms with Gasteiger partial charge in [-0.05, 0) is 38.3 Å². The minimum absolute atomic E-state index is 0.0303. The monoisotopic (exact) mass is 318 g/mol. The Balaban J connectivity index is 1.89. The van der Waals surface area contributed by atoms with E-state index < -0.39 is 10.0 Å². The molecule has 1 aliphatic rings. The fraction of sp³-hybridized carbons (Fsp3) is 0.692. The van der Waals surface area contributed by atoms with Crippen LogP contribution in [0.4, 0.5) is 0 Å². The predicted octanol–water partition coefficient (Wildman–Crippen LogP) is 1.95. The molecule has 0 saturated heterocycles. The molecule has 0 radical (unpaired) electrons. The summed E-state index contributed by atoms with van der Waals surface area (Å²) in [6.45, 7) is 1.49. The van der Waals surface area contributed by atoms with Gasteiger partial charge >= 0.3 is 0 Å². The lowest BCUT2D eigenvalue weighted by atomic mass is 10.1. The lowest BCUT2D eigenvalue weighted by Gasteiger charge is -2.26. The molecule has 114 valence electrons. The molecule has 1 aromatic rings. The number of furan rings is 1. The molecule has 0 amide bonds. The van der Waals surface area contributed by atoms with Crippen LogP contribution < -0.4 is 10.0 Å². The van der Waals surface area contributed by atoms with Crippen LogP contribution in [0.15, 0.2) is 21.6 Å². The third-order valence-corrected chi connectivity index (χ3v) is 6.57. The Morgan fingerprint density at radius 1 is 1.35 bits per heavy atom. The second-order valence-corrected chi connectivity index (χ2v) is 8.22.